The van der Waals surface area contributed by atoms with Gasteiger partial charge >= 0.3 is 0 Å². The first-order valence-electron chi connectivity index (χ1n) is 7.63. The van der Waals surface area contributed by atoms with Gasteiger partial charge < -0.3 is 19.5 Å². The molecule has 0 saturated carbocycles. The maximum absolute atomic E-state index is 5.51. The van der Waals surface area contributed by atoms with Crippen LogP contribution in [0.25, 0.3) is 0 Å². The average Bonchev–Trinajstić information content (AvgIpc) is 2.52. The molecule has 0 aliphatic carbocycles. The fourth-order valence-corrected chi connectivity index (χ4v) is 2.74. The molecule has 0 spiro atoms. The molecule has 0 saturated heterocycles. The van der Waals surface area contributed by atoms with E-state index in [1.807, 2.05) is 12.1 Å². The highest BCUT2D eigenvalue weighted by Gasteiger charge is 2.17. The van der Waals surface area contributed by atoms with Gasteiger partial charge in [0.25, 0.3) is 0 Å². The van der Waals surface area contributed by atoms with Gasteiger partial charge in [0.1, 0.15) is 0 Å². The lowest BCUT2D eigenvalue weighted by Gasteiger charge is -2.23. The summed E-state index contributed by atoms with van der Waals surface area (Å²) in [4.78, 5) is 0. The largest absolute Gasteiger partial charge is 0.493 e. The predicted octanol–water partition coefficient (Wildman–Crippen LogP) is 3.63. The molecule has 1 aromatic carbocycles. The van der Waals surface area contributed by atoms with Crippen molar-refractivity contribution < 1.29 is 14.2 Å². The van der Waals surface area contributed by atoms with Crippen LogP contribution >= 0.6 is 0 Å². The summed E-state index contributed by atoms with van der Waals surface area (Å²) in [6.45, 7) is 7.47. The molecule has 0 aliphatic rings. The molecule has 0 aromatic heterocycles. The van der Waals surface area contributed by atoms with E-state index in [1.165, 1.54) is 12.8 Å². The van der Waals surface area contributed by atoms with Crippen molar-refractivity contribution in [1.29, 1.82) is 0 Å². The first kappa shape index (κ1) is 17.6. The molecule has 1 N–H and O–H groups in total. The topological polar surface area (TPSA) is 39.7 Å². The van der Waals surface area contributed by atoms with Crippen LogP contribution in [0.2, 0.25) is 0 Å². The molecule has 4 heteroatoms. The van der Waals surface area contributed by atoms with Crippen molar-refractivity contribution in [3.8, 4) is 17.2 Å². The summed E-state index contributed by atoms with van der Waals surface area (Å²) >= 11 is 0. The number of benzene rings is 1. The van der Waals surface area contributed by atoms with Crippen molar-refractivity contribution in [3.05, 3.63) is 17.7 Å². The Morgan fingerprint density at radius 2 is 1.57 bits per heavy atom. The number of hydrogen-bond acceptors (Lipinski definition) is 4. The Labute approximate surface area is 128 Å². The van der Waals surface area contributed by atoms with Crippen molar-refractivity contribution in [3.63, 3.8) is 0 Å². The van der Waals surface area contributed by atoms with E-state index in [9.17, 15) is 0 Å². The van der Waals surface area contributed by atoms with Gasteiger partial charge in [-0.25, -0.2) is 0 Å². The third kappa shape index (κ3) is 4.27. The highest BCUT2D eigenvalue weighted by molar-refractivity contribution is 5.55. The third-order valence-corrected chi connectivity index (χ3v) is 4.16. The fourth-order valence-electron chi connectivity index (χ4n) is 2.74. The van der Waals surface area contributed by atoms with Crippen molar-refractivity contribution >= 4 is 0 Å². The number of rotatable bonds is 9. The molecule has 120 valence electrons. The Morgan fingerprint density at radius 1 is 0.952 bits per heavy atom. The molecule has 0 amide bonds. The predicted molar refractivity (Wildman–Crippen MR) is 86.5 cm³/mol. The van der Waals surface area contributed by atoms with Gasteiger partial charge in [0.15, 0.2) is 11.5 Å². The minimum Gasteiger partial charge on any atom is -0.493 e. The van der Waals surface area contributed by atoms with Crippen LogP contribution in [0.1, 0.15) is 39.2 Å². The zero-order valence-electron chi connectivity index (χ0n) is 14.2. The zero-order valence-corrected chi connectivity index (χ0v) is 14.2. The molecule has 1 rings (SSSR count). The Kier molecular flexibility index (Phi) is 7.37. The highest BCUT2D eigenvalue weighted by Crippen LogP contribution is 2.39. The molecule has 1 unspecified atom stereocenters. The molecule has 0 aliphatic heterocycles. The molecule has 0 bridgehead atoms. The van der Waals surface area contributed by atoms with Gasteiger partial charge in [-0.15, -0.1) is 0 Å². The Bertz CT molecular complexity index is 430. The van der Waals surface area contributed by atoms with E-state index in [1.54, 1.807) is 21.3 Å². The van der Waals surface area contributed by atoms with E-state index in [-0.39, 0.29) is 0 Å². The Morgan fingerprint density at radius 3 is 2.05 bits per heavy atom. The summed E-state index contributed by atoms with van der Waals surface area (Å²) in [6, 6.07) is 4.41. The van der Waals surface area contributed by atoms with Crippen LogP contribution < -0.4 is 19.5 Å². The average molecular weight is 295 g/mol. The van der Waals surface area contributed by atoms with E-state index in [4.69, 9.17) is 14.2 Å². The molecular formula is C17H29NO3. The molecule has 4 nitrogen and oxygen atoms in total. The first-order chi connectivity index (χ1) is 10.1. The molecule has 0 heterocycles. The number of hydrogen-bond donors (Lipinski definition) is 1. The monoisotopic (exact) mass is 295 g/mol. The van der Waals surface area contributed by atoms with Gasteiger partial charge in [0.05, 0.1) is 21.3 Å². The molecule has 0 radical (unpaired) electrons. The highest BCUT2D eigenvalue weighted by atomic mass is 16.5. The van der Waals surface area contributed by atoms with Crippen LogP contribution in [-0.2, 0) is 6.54 Å². The maximum atomic E-state index is 5.51. The minimum absolute atomic E-state index is 0.470. The van der Waals surface area contributed by atoms with E-state index in [0.29, 0.717) is 23.5 Å². The third-order valence-electron chi connectivity index (χ3n) is 4.16. The summed E-state index contributed by atoms with van der Waals surface area (Å²) in [6.07, 6.45) is 2.38. The zero-order chi connectivity index (χ0) is 15.8. The van der Waals surface area contributed by atoms with Gasteiger partial charge in [0, 0.05) is 18.2 Å². The number of nitrogens with one attached hydrogen (secondary N) is 1. The summed E-state index contributed by atoms with van der Waals surface area (Å²) in [7, 11) is 4.92. The second-order valence-electron chi connectivity index (χ2n) is 5.24. The van der Waals surface area contributed by atoms with Gasteiger partial charge in [-0.2, -0.15) is 0 Å². The SMILES string of the molecule is CCC(CC)C(C)NCc1ccc(OC)c(OC)c1OC. The van der Waals surface area contributed by atoms with E-state index in [0.717, 1.165) is 17.9 Å². The van der Waals surface area contributed by atoms with Crippen molar-refractivity contribution in [1.82, 2.24) is 5.32 Å². The lowest BCUT2D eigenvalue weighted by Crippen LogP contribution is -2.32. The van der Waals surface area contributed by atoms with Crippen LogP contribution in [0.3, 0.4) is 0 Å². The summed E-state index contributed by atoms with van der Waals surface area (Å²) in [5.41, 5.74) is 1.08. The Hall–Kier alpha value is -1.42. The van der Waals surface area contributed by atoms with Crippen molar-refractivity contribution in [2.24, 2.45) is 5.92 Å². The number of methoxy groups -OCH3 is 3. The lowest BCUT2D eigenvalue weighted by atomic mass is 9.95. The summed E-state index contributed by atoms with van der Waals surface area (Å²) in [5.74, 6) is 2.76. The van der Waals surface area contributed by atoms with E-state index < -0.39 is 0 Å². The first-order valence-corrected chi connectivity index (χ1v) is 7.63. The summed E-state index contributed by atoms with van der Waals surface area (Å²) in [5, 5.41) is 3.59. The standard InChI is InChI=1S/C17H29NO3/c1-7-13(8-2)12(3)18-11-14-9-10-15(19-4)17(21-6)16(14)20-5/h9-10,12-13,18H,7-8,11H2,1-6H3. The van der Waals surface area contributed by atoms with Crippen LogP contribution in [0, 0.1) is 5.92 Å². The van der Waals surface area contributed by atoms with E-state index >= 15 is 0 Å². The second kappa shape index (κ2) is 8.78. The normalized spacial score (nSPS) is 12.3. The van der Waals surface area contributed by atoms with Gasteiger partial charge in [-0.05, 0) is 18.9 Å². The van der Waals surface area contributed by atoms with Crippen molar-refractivity contribution in [2.45, 2.75) is 46.2 Å². The minimum atomic E-state index is 0.470. The molecule has 0 fully saturated rings. The molecule has 1 aromatic rings. The molecule has 21 heavy (non-hydrogen) atoms. The van der Waals surface area contributed by atoms with Crippen LogP contribution in [0.4, 0.5) is 0 Å². The quantitative estimate of drug-likeness (QED) is 0.755. The van der Waals surface area contributed by atoms with Crippen LogP contribution in [0.15, 0.2) is 12.1 Å². The maximum Gasteiger partial charge on any atom is 0.203 e. The van der Waals surface area contributed by atoms with Gasteiger partial charge in [-0.1, -0.05) is 32.8 Å². The Balaban J connectivity index is 2.88. The summed E-state index contributed by atoms with van der Waals surface area (Å²) < 4.78 is 16.2. The fraction of sp³-hybridized carbons (Fsp3) is 0.647. The van der Waals surface area contributed by atoms with Crippen LogP contribution in [-0.4, -0.2) is 27.4 Å². The molecule has 1 atom stereocenters. The van der Waals surface area contributed by atoms with Crippen LogP contribution in [0.5, 0.6) is 17.2 Å². The van der Waals surface area contributed by atoms with Gasteiger partial charge in [0.2, 0.25) is 5.75 Å². The second-order valence-corrected chi connectivity index (χ2v) is 5.24. The van der Waals surface area contributed by atoms with Crippen molar-refractivity contribution in [2.75, 3.05) is 21.3 Å². The smallest absolute Gasteiger partial charge is 0.203 e. The van der Waals surface area contributed by atoms with Gasteiger partial charge in [-0.3, -0.25) is 0 Å². The lowest BCUT2D eigenvalue weighted by molar-refractivity contribution is 0.318. The molecular weight excluding hydrogens is 266 g/mol. The van der Waals surface area contributed by atoms with E-state index in [2.05, 4.69) is 26.1 Å². The number of ether oxygens (including phenoxy) is 3.